The number of rotatable bonds is 6. The second-order valence-electron chi connectivity index (χ2n) is 7.07. The van der Waals surface area contributed by atoms with Crippen molar-refractivity contribution < 1.29 is 12.8 Å². The van der Waals surface area contributed by atoms with Crippen molar-refractivity contribution in [3.05, 3.63) is 29.6 Å². The molecule has 2 fully saturated rings. The van der Waals surface area contributed by atoms with Crippen LogP contribution >= 0.6 is 0 Å². The van der Waals surface area contributed by atoms with Gasteiger partial charge in [0.2, 0.25) is 10.0 Å². The van der Waals surface area contributed by atoms with Crippen molar-refractivity contribution in [2.75, 3.05) is 39.3 Å². The molecule has 1 atom stereocenters. The molecule has 5 nitrogen and oxygen atoms in total. The Morgan fingerprint density at radius 3 is 2.72 bits per heavy atom. The molecule has 1 aromatic rings. The Hall–Kier alpha value is -1.02. The molecule has 140 valence electrons. The largest absolute Gasteiger partial charge is 0.315 e. The number of aryl methyl sites for hydroxylation is 1. The summed E-state index contributed by atoms with van der Waals surface area (Å²) in [5, 5.41) is 3.30. The van der Waals surface area contributed by atoms with Gasteiger partial charge in [-0.2, -0.15) is 4.31 Å². The minimum Gasteiger partial charge on any atom is -0.315 e. The fourth-order valence-corrected chi connectivity index (χ4v) is 5.69. The average Bonchev–Trinajstić information content (AvgIpc) is 3.11. The number of nitrogens with zero attached hydrogens (tertiary/aromatic N) is 2. The zero-order valence-electron chi connectivity index (χ0n) is 14.9. The number of hydrogen-bond donors (Lipinski definition) is 1. The van der Waals surface area contributed by atoms with Gasteiger partial charge in [-0.05, 0) is 69.9 Å². The summed E-state index contributed by atoms with van der Waals surface area (Å²) in [6.07, 6.45) is 4.17. The lowest BCUT2D eigenvalue weighted by atomic mass is 10.1. The van der Waals surface area contributed by atoms with E-state index in [0.717, 1.165) is 45.1 Å². The van der Waals surface area contributed by atoms with E-state index in [9.17, 15) is 12.8 Å². The number of likely N-dealkylation sites (tertiary alicyclic amines) is 1. The van der Waals surface area contributed by atoms with Crippen LogP contribution in [0.15, 0.2) is 23.1 Å². The van der Waals surface area contributed by atoms with Gasteiger partial charge >= 0.3 is 0 Å². The summed E-state index contributed by atoms with van der Waals surface area (Å²) in [4.78, 5) is 2.41. The molecule has 0 saturated carbocycles. The van der Waals surface area contributed by atoms with Crippen molar-refractivity contribution in [1.82, 2.24) is 14.5 Å². The molecule has 2 saturated heterocycles. The van der Waals surface area contributed by atoms with Crippen LogP contribution in [0.25, 0.3) is 0 Å². The summed E-state index contributed by atoms with van der Waals surface area (Å²) < 4.78 is 42.0. The van der Waals surface area contributed by atoms with E-state index < -0.39 is 15.8 Å². The third-order valence-electron chi connectivity index (χ3n) is 5.25. The van der Waals surface area contributed by atoms with E-state index in [-0.39, 0.29) is 10.9 Å². The van der Waals surface area contributed by atoms with Crippen LogP contribution in [0.4, 0.5) is 4.39 Å². The molecule has 1 aromatic carbocycles. The van der Waals surface area contributed by atoms with Gasteiger partial charge in [0.25, 0.3) is 0 Å². The Bertz CT molecular complexity index is 684. The predicted molar refractivity (Wildman–Crippen MR) is 96.6 cm³/mol. The average molecular weight is 370 g/mol. The van der Waals surface area contributed by atoms with E-state index in [1.54, 1.807) is 17.3 Å². The quantitative estimate of drug-likeness (QED) is 0.833. The first-order valence-electron chi connectivity index (χ1n) is 9.19. The molecule has 0 aromatic heterocycles. The van der Waals surface area contributed by atoms with Crippen molar-refractivity contribution in [1.29, 1.82) is 0 Å². The molecule has 3 rings (SSSR count). The lowest BCUT2D eigenvalue weighted by Crippen LogP contribution is -2.50. The lowest BCUT2D eigenvalue weighted by molar-refractivity contribution is 0.231. The zero-order valence-corrected chi connectivity index (χ0v) is 15.7. The summed E-state index contributed by atoms with van der Waals surface area (Å²) >= 11 is 0. The van der Waals surface area contributed by atoms with Gasteiger partial charge in [0.05, 0.1) is 4.90 Å². The fourth-order valence-electron chi connectivity index (χ4n) is 3.80. The molecule has 0 aliphatic carbocycles. The standard InChI is InChI=1S/C18H28FN3O2S/c1-15-6-7-16(19)13-18(15)25(23,24)22(17-5-4-8-20-14-17)12-11-21-9-2-3-10-21/h6-7,13,17,20H,2-5,8-12,14H2,1H3. The van der Waals surface area contributed by atoms with Crippen LogP contribution in [0.2, 0.25) is 0 Å². The maximum atomic E-state index is 13.7. The molecule has 7 heteroatoms. The van der Waals surface area contributed by atoms with E-state index in [1.807, 2.05) is 0 Å². The maximum absolute atomic E-state index is 13.7. The monoisotopic (exact) mass is 369 g/mol. The summed E-state index contributed by atoms with van der Waals surface area (Å²) in [5.41, 5.74) is 0.594. The Morgan fingerprint density at radius 2 is 2.04 bits per heavy atom. The minimum atomic E-state index is -3.72. The number of nitrogens with one attached hydrogen (secondary N) is 1. The normalized spacial score (nSPS) is 22.6. The molecule has 0 radical (unpaired) electrons. The van der Waals surface area contributed by atoms with Crippen molar-refractivity contribution in [2.45, 2.75) is 43.5 Å². The van der Waals surface area contributed by atoms with Gasteiger partial charge in [0.1, 0.15) is 5.82 Å². The molecule has 2 aliphatic rings. The first-order chi connectivity index (χ1) is 12.0. The van der Waals surface area contributed by atoms with Gasteiger partial charge in [-0.15, -0.1) is 0 Å². The van der Waals surface area contributed by atoms with E-state index in [1.165, 1.54) is 18.9 Å². The Kier molecular flexibility index (Phi) is 6.09. The van der Waals surface area contributed by atoms with Gasteiger partial charge in [-0.1, -0.05) is 6.07 Å². The molecule has 0 spiro atoms. The first kappa shape index (κ1) is 18.8. The zero-order chi connectivity index (χ0) is 17.9. The van der Waals surface area contributed by atoms with Crippen LogP contribution < -0.4 is 5.32 Å². The van der Waals surface area contributed by atoms with Gasteiger partial charge in [0.15, 0.2) is 0 Å². The highest BCUT2D eigenvalue weighted by Gasteiger charge is 2.33. The Labute approximate surface area is 150 Å². The van der Waals surface area contributed by atoms with Crippen molar-refractivity contribution in [2.24, 2.45) is 0 Å². The van der Waals surface area contributed by atoms with E-state index in [2.05, 4.69) is 10.2 Å². The minimum absolute atomic E-state index is 0.0657. The number of benzene rings is 1. The molecule has 25 heavy (non-hydrogen) atoms. The van der Waals surface area contributed by atoms with E-state index in [4.69, 9.17) is 0 Å². The third-order valence-corrected chi connectivity index (χ3v) is 7.34. The first-order valence-corrected chi connectivity index (χ1v) is 10.6. The van der Waals surface area contributed by atoms with Crippen LogP contribution in [-0.2, 0) is 10.0 Å². The second kappa shape index (κ2) is 8.12. The number of halogens is 1. The highest BCUT2D eigenvalue weighted by atomic mass is 32.2. The summed E-state index contributed by atoms with van der Waals surface area (Å²) in [6.45, 7) is 6.59. The molecule has 1 unspecified atom stereocenters. The molecule has 0 bridgehead atoms. The Morgan fingerprint density at radius 1 is 1.28 bits per heavy atom. The second-order valence-corrected chi connectivity index (χ2v) is 8.93. The van der Waals surface area contributed by atoms with Crippen molar-refractivity contribution in [3.8, 4) is 0 Å². The van der Waals surface area contributed by atoms with Gasteiger partial charge in [-0.3, -0.25) is 0 Å². The molecule has 0 amide bonds. The molecule has 1 N–H and O–H groups in total. The summed E-state index contributed by atoms with van der Waals surface area (Å²) in [5.74, 6) is -0.509. The fraction of sp³-hybridized carbons (Fsp3) is 0.667. The molecule has 2 heterocycles. The predicted octanol–water partition coefficient (Wildman–Crippen LogP) is 1.97. The van der Waals surface area contributed by atoms with Gasteiger partial charge < -0.3 is 10.2 Å². The highest BCUT2D eigenvalue weighted by molar-refractivity contribution is 7.89. The summed E-state index contributed by atoms with van der Waals surface area (Å²) in [7, 11) is -3.72. The lowest BCUT2D eigenvalue weighted by Gasteiger charge is -2.35. The van der Waals surface area contributed by atoms with Gasteiger partial charge in [0, 0.05) is 25.7 Å². The maximum Gasteiger partial charge on any atom is 0.243 e. The highest BCUT2D eigenvalue weighted by Crippen LogP contribution is 2.25. The third kappa shape index (κ3) is 4.39. The van der Waals surface area contributed by atoms with Crippen LogP contribution in [-0.4, -0.2) is 62.9 Å². The Balaban J connectivity index is 1.86. The van der Waals surface area contributed by atoms with Crippen LogP contribution in [0.3, 0.4) is 0 Å². The summed E-state index contributed by atoms with van der Waals surface area (Å²) in [6, 6.07) is 3.94. The number of sulfonamides is 1. The molecular formula is C18H28FN3O2S. The number of piperidine rings is 1. The van der Waals surface area contributed by atoms with Crippen LogP contribution in [0.5, 0.6) is 0 Å². The number of hydrogen-bond acceptors (Lipinski definition) is 4. The molecular weight excluding hydrogens is 341 g/mol. The smallest absolute Gasteiger partial charge is 0.243 e. The topological polar surface area (TPSA) is 52.7 Å². The van der Waals surface area contributed by atoms with E-state index >= 15 is 0 Å². The SMILES string of the molecule is Cc1ccc(F)cc1S(=O)(=O)N(CCN1CCCC1)C1CCCNC1. The van der Waals surface area contributed by atoms with Gasteiger partial charge in [-0.25, -0.2) is 12.8 Å². The van der Waals surface area contributed by atoms with Crippen molar-refractivity contribution in [3.63, 3.8) is 0 Å². The van der Waals surface area contributed by atoms with E-state index in [0.29, 0.717) is 18.7 Å². The van der Waals surface area contributed by atoms with Crippen LogP contribution in [0.1, 0.15) is 31.2 Å². The van der Waals surface area contributed by atoms with Crippen LogP contribution in [0, 0.1) is 12.7 Å². The van der Waals surface area contributed by atoms with Crippen molar-refractivity contribution >= 4 is 10.0 Å². The molecule has 2 aliphatic heterocycles.